The van der Waals surface area contributed by atoms with E-state index >= 15 is 0 Å². The molecule has 2 aromatic rings. The van der Waals surface area contributed by atoms with Gasteiger partial charge in [0.2, 0.25) is 0 Å². The van der Waals surface area contributed by atoms with E-state index < -0.39 is 0 Å². The van der Waals surface area contributed by atoms with Crippen LogP contribution in [0.1, 0.15) is 49.1 Å². The van der Waals surface area contributed by atoms with Crippen LogP contribution in [0.3, 0.4) is 0 Å². The summed E-state index contributed by atoms with van der Waals surface area (Å²) >= 11 is 0. The van der Waals surface area contributed by atoms with Crippen LogP contribution in [0.2, 0.25) is 0 Å². The molecule has 0 aromatic heterocycles. The molecule has 0 spiro atoms. The molecule has 1 heterocycles. The van der Waals surface area contributed by atoms with E-state index in [1.165, 1.54) is 24.7 Å². The number of esters is 1. The average molecular weight is 351 g/mol. The van der Waals surface area contributed by atoms with Gasteiger partial charge in [-0.3, -0.25) is 9.69 Å². The summed E-state index contributed by atoms with van der Waals surface area (Å²) in [4.78, 5) is 14.4. The van der Waals surface area contributed by atoms with E-state index in [1.807, 2.05) is 0 Å². The Balaban J connectivity index is 1.65. The Labute approximate surface area is 157 Å². The first-order valence-electron chi connectivity index (χ1n) is 9.71. The monoisotopic (exact) mass is 351 g/mol. The third kappa shape index (κ3) is 4.73. The molecule has 0 saturated carbocycles. The number of piperidine rings is 1. The van der Waals surface area contributed by atoms with E-state index in [4.69, 9.17) is 4.74 Å². The van der Waals surface area contributed by atoms with Gasteiger partial charge in [0.25, 0.3) is 0 Å². The van der Waals surface area contributed by atoms with Gasteiger partial charge >= 0.3 is 5.97 Å². The standard InChI is InChI=1S/C23H29NO2/c1-26-23(25)22-16-8-9-17-24(22)18-10-15-21(19-11-4-2-5-12-19)20-13-6-3-7-14-20/h2-7,11-14,21-22H,8-10,15-18H2,1H3. The topological polar surface area (TPSA) is 29.5 Å². The van der Waals surface area contributed by atoms with Gasteiger partial charge in [0.1, 0.15) is 6.04 Å². The van der Waals surface area contributed by atoms with Crippen LogP contribution in [0, 0.1) is 0 Å². The lowest BCUT2D eigenvalue weighted by Gasteiger charge is -2.34. The maximum absolute atomic E-state index is 12.1. The second-order valence-electron chi connectivity index (χ2n) is 7.09. The number of ether oxygens (including phenoxy) is 1. The molecule has 0 aliphatic carbocycles. The third-order valence-electron chi connectivity index (χ3n) is 5.43. The predicted molar refractivity (Wildman–Crippen MR) is 105 cm³/mol. The second-order valence-corrected chi connectivity index (χ2v) is 7.09. The van der Waals surface area contributed by atoms with E-state index in [9.17, 15) is 4.79 Å². The summed E-state index contributed by atoms with van der Waals surface area (Å²) in [5.74, 6) is 0.325. The van der Waals surface area contributed by atoms with Crippen LogP contribution in [0.4, 0.5) is 0 Å². The van der Waals surface area contributed by atoms with Gasteiger partial charge in [-0.2, -0.15) is 0 Å². The maximum Gasteiger partial charge on any atom is 0.323 e. The Morgan fingerprint density at radius 1 is 1.04 bits per heavy atom. The summed E-state index contributed by atoms with van der Waals surface area (Å²) in [5.41, 5.74) is 2.73. The van der Waals surface area contributed by atoms with Crippen molar-refractivity contribution in [3.05, 3.63) is 71.8 Å². The van der Waals surface area contributed by atoms with Crippen LogP contribution in [-0.2, 0) is 9.53 Å². The quantitative estimate of drug-likeness (QED) is 0.681. The van der Waals surface area contributed by atoms with E-state index in [0.29, 0.717) is 5.92 Å². The molecule has 3 heteroatoms. The smallest absolute Gasteiger partial charge is 0.323 e. The van der Waals surface area contributed by atoms with Crippen LogP contribution in [-0.4, -0.2) is 37.1 Å². The minimum absolute atomic E-state index is 0.0550. The average Bonchev–Trinajstić information content (AvgIpc) is 2.72. The zero-order valence-corrected chi connectivity index (χ0v) is 15.6. The molecule has 26 heavy (non-hydrogen) atoms. The number of hydrogen-bond donors (Lipinski definition) is 0. The number of methoxy groups -OCH3 is 1. The first kappa shape index (κ1) is 18.7. The van der Waals surface area contributed by atoms with Gasteiger partial charge in [-0.25, -0.2) is 0 Å². The summed E-state index contributed by atoms with van der Waals surface area (Å²) < 4.78 is 5.01. The zero-order valence-electron chi connectivity index (χ0n) is 15.6. The molecule has 1 saturated heterocycles. The molecule has 138 valence electrons. The lowest BCUT2D eigenvalue weighted by molar-refractivity contribution is -0.148. The van der Waals surface area contributed by atoms with Gasteiger partial charge < -0.3 is 4.74 Å². The van der Waals surface area contributed by atoms with Crippen LogP contribution in [0.25, 0.3) is 0 Å². The van der Waals surface area contributed by atoms with E-state index in [0.717, 1.165) is 38.8 Å². The fourth-order valence-electron chi connectivity index (χ4n) is 4.06. The van der Waals surface area contributed by atoms with Gasteiger partial charge in [-0.1, -0.05) is 67.1 Å². The SMILES string of the molecule is COC(=O)C1CCCCN1CCCC(c1ccccc1)c1ccccc1. The van der Waals surface area contributed by atoms with Gasteiger partial charge in [0, 0.05) is 5.92 Å². The van der Waals surface area contributed by atoms with Crippen molar-refractivity contribution >= 4 is 5.97 Å². The van der Waals surface area contributed by atoms with Gasteiger partial charge in [-0.05, 0) is 49.9 Å². The van der Waals surface area contributed by atoms with Crippen molar-refractivity contribution in [1.82, 2.24) is 4.90 Å². The molecule has 1 atom stereocenters. The molecule has 0 bridgehead atoms. The van der Waals surface area contributed by atoms with Gasteiger partial charge in [0.05, 0.1) is 7.11 Å². The van der Waals surface area contributed by atoms with Crippen molar-refractivity contribution in [1.29, 1.82) is 0 Å². The van der Waals surface area contributed by atoms with Gasteiger partial charge in [-0.15, -0.1) is 0 Å². The molecule has 1 fully saturated rings. The summed E-state index contributed by atoms with van der Waals surface area (Å²) in [5, 5.41) is 0. The highest BCUT2D eigenvalue weighted by Gasteiger charge is 2.29. The van der Waals surface area contributed by atoms with E-state index in [1.54, 1.807) is 0 Å². The minimum atomic E-state index is -0.0765. The normalized spacial score (nSPS) is 18.0. The fourth-order valence-corrected chi connectivity index (χ4v) is 4.06. The molecule has 0 N–H and O–H groups in total. The number of carbonyl (C=O) groups is 1. The summed E-state index contributed by atoms with van der Waals surface area (Å²) in [6, 6.07) is 21.4. The van der Waals surface area contributed by atoms with Crippen molar-refractivity contribution in [2.45, 2.75) is 44.1 Å². The Bertz CT molecular complexity index is 632. The molecule has 3 nitrogen and oxygen atoms in total. The first-order valence-corrected chi connectivity index (χ1v) is 9.71. The van der Waals surface area contributed by atoms with Crippen LogP contribution in [0.15, 0.2) is 60.7 Å². The Morgan fingerprint density at radius 2 is 1.65 bits per heavy atom. The molecule has 2 aromatic carbocycles. The van der Waals surface area contributed by atoms with Gasteiger partial charge in [0.15, 0.2) is 0 Å². The van der Waals surface area contributed by atoms with Crippen LogP contribution in [0.5, 0.6) is 0 Å². The molecule has 0 radical (unpaired) electrons. The summed E-state index contributed by atoms with van der Waals surface area (Å²) in [6.45, 7) is 1.96. The molecule has 1 aliphatic rings. The maximum atomic E-state index is 12.1. The van der Waals surface area contributed by atoms with E-state index in [-0.39, 0.29) is 12.0 Å². The highest BCUT2D eigenvalue weighted by atomic mass is 16.5. The highest BCUT2D eigenvalue weighted by molar-refractivity contribution is 5.75. The molecular weight excluding hydrogens is 322 g/mol. The predicted octanol–water partition coefficient (Wildman–Crippen LogP) is 4.63. The first-order chi connectivity index (χ1) is 12.8. The Hall–Kier alpha value is -2.13. The van der Waals surface area contributed by atoms with Crippen molar-refractivity contribution in [3.8, 4) is 0 Å². The number of rotatable bonds is 7. The van der Waals surface area contributed by atoms with Crippen molar-refractivity contribution in [2.75, 3.05) is 20.2 Å². The van der Waals surface area contributed by atoms with Crippen LogP contribution >= 0.6 is 0 Å². The lowest BCUT2D eigenvalue weighted by atomic mass is 9.87. The Kier molecular flexibility index (Phi) is 6.84. The number of carbonyl (C=O) groups excluding carboxylic acids is 1. The fraction of sp³-hybridized carbons (Fsp3) is 0.435. The summed E-state index contributed by atoms with van der Waals surface area (Å²) in [7, 11) is 1.50. The number of hydrogen-bond acceptors (Lipinski definition) is 3. The molecule has 1 aliphatic heterocycles. The molecule has 1 unspecified atom stereocenters. The highest BCUT2D eigenvalue weighted by Crippen LogP contribution is 2.29. The third-order valence-corrected chi connectivity index (χ3v) is 5.43. The zero-order chi connectivity index (χ0) is 18.2. The largest absolute Gasteiger partial charge is 0.468 e. The van der Waals surface area contributed by atoms with Crippen molar-refractivity contribution in [2.24, 2.45) is 0 Å². The minimum Gasteiger partial charge on any atom is -0.468 e. The number of benzene rings is 2. The second kappa shape index (κ2) is 9.54. The van der Waals surface area contributed by atoms with Crippen molar-refractivity contribution < 1.29 is 9.53 Å². The molecule has 3 rings (SSSR count). The Morgan fingerprint density at radius 3 is 2.23 bits per heavy atom. The number of likely N-dealkylation sites (tertiary alicyclic amines) is 1. The van der Waals surface area contributed by atoms with E-state index in [2.05, 4.69) is 65.6 Å². The summed E-state index contributed by atoms with van der Waals surface area (Å²) in [6.07, 6.45) is 5.37. The van der Waals surface area contributed by atoms with Crippen LogP contribution < -0.4 is 0 Å². The molecule has 0 amide bonds. The number of nitrogens with zero attached hydrogens (tertiary/aromatic N) is 1. The van der Waals surface area contributed by atoms with Crippen molar-refractivity contribution in [3.63, 3.8) is 0 Å². The lowest BCUT2D eigenvalue weighted by Crippen LogP contribution is -2.45. The molecular formula is C23H29NO2.